The van der Waals surface area contributed by atoms with Gasteiger partial charge in [0.2, 0.25) is 5.76 Å². The van der Waals surface area contributed by atoms with Gasteiger partial charge < -0.3 is 19.5 Å². The molecule has 0 saturated heterocycles. The van der Waals surface area contributed by atoms with E-state index in [0.29, 0.717) is 5.56 Å². The molecule has 0 aliphatic carbocycles. The van der Waals surface area contributed by atoms with E-state index in [-0.39, 0.29) is 22.9 Å². The summed E-state index contributed by atoms with van der Waals surface area (Å²) in [5.41, 5.74) is 0.149. The van der Waals surface area contributed by atoms with Crippen LogP contribution in [-0.4, -0.2) is 33.0 Å². The summed E-state index contributed by atoms with van der Waals surface area (Å²) in [6.07, 6.45) is -0.726. The van der Waals surface area contributed by atoms with Crippen LogP contribution in [0.1, 0.15) is 31.3 Å². The number of benzene rings is 1. The minimum Gasteiger partial charge on any atom is -0.506 e. The summed E-state index contributed by atoms with van der Waals surface area (Å²) >= 11 is 0. The second-order valence-electron chi connectivity index (χ2n) is 5.74. The van der Waals surface area contributed by atoms with Crippen molar-refractivity contribution in [3.05, 3.63) is 30.0 Å². The van der Waals surface area contributed by atoms with Gasteiger partial charge >= 0.3 is 12.1 Å². The van der Waals surface area contributed by atoms with Crippen molar-refractivity contribution in [2.45, 2.75) is 26.4 Å². The molecule has 1 heterocycles. The van der Waals surface area contributed by atoms with E-state index in [0.717, 1.165) is 0 Å². The number of carboxylic acid groups (broad SMARTS) is 1. The lowest BCUT2D eigenvalue weighted by atomic mass is 10.1. The molecule has 0 fully saturated rings. The molecule has 1 aromatic heterocycles. The maximum absolute atomic E-state index is 11.8. The molecule has 0 saturated carbocycles. The molecule has 8 heteroatoms. The normalized spacial score (nSPS) is 11.1. The third-order valence-corrected chi connectivity index (χ3v) is 2.65. The predicted molar refractivity (Wildman–Crippen MR) is 80.4 cm³/mol. The van der Waals surface area contributed by atoms with Crippen molar-refractivity contribution in [3.63, 3.8) is 0 Å². The van der Waals surface area contributed by atoms with E-state index in [1.165, 1.54) is 24.3 Å². The molecular formula is C15H16N2O6. The largest absolute Gasteiger partial charge is 0.506 e. The zero-order valence-electron chi connectivity index (χ0n) is 12.8. The number of aromatic hydroxyl groups is 1. The zero-order chi connectivity index (χ0) is 17.2. The van der Waals surface area contributed by atoms with Gasteiger partial charge in [-0.05, 0) is 39.0 Å². The molecule has 0 aliphatic rings. The molecule has 0 spiro atoms. The molecule has 0 atom stereocenters. The maximum Gasteiger partial charge on any atom is 0.412 e. The van der Waals surface area contributed by atoms with Crippen LogP contribution in [0.3, 0.4) is 0 Å². The SMILES string of the molecule is CC(C)(C)OC(=O)Nc1cc(-c2cc(C(=O)O)on2)ccc1O. The second kappa shape index (κ2) is 5.99. The van der Waals surface area contributed by atoms with Crippen molar-refractivity contribution in [3.8, 4) is 17.0 Å². The Morgan fingerprint density at radius 1 is 1.26 bits per heavy atom. The van der Waals surface area contributed by atoms with Gasteiger partial charge in [-0.3, -0.25) is 5.32 Å². The molecule has 2 aromatic rings. The molecule has 2 rings (SSSR count). The van der Waals surface area contributed by atoms with E-state index >= 15 is 0 Å². The van der Waals surface area contributed by atoms with E-state index in [4.69, 9.17) is 9.84 Å². The van der Waals surface area contributed by atoms with Crippen molar-refractivity contribution < 1.29 is 29.1 Å². The Balaban J connectivity index is 2.24. The molecule has 8 nitrogen and oxygen atoms in total. The van der Waals surface area contributed by atoms with Crippen LogP contribution in [0.5, 0.6) is 5.75 Å². The third-order valence-electron chi connectivity index (χ3n) is 2.65. The van der Waals surface area contributed by atoms with Crippen molar-refractivity contribution in [2.24, 2.45) is 0 Å². The number of carbonyl (C=O) groups excluding carboxylic acids is 1. The monoisotopic (exact) mass is 320 g/mol. The fourth-order valence-corrected chi connectivity index (χ4v) is 1.72. The van der Waals surface area contributed by atoms with Crippen molar-refractivity contribution in [2.75, 3.05) is 5.32 Å². The number of anilines is 1. The van der Waals surface area contributed by atoms with Gasteiger partial charge in [0.25, 0.3) is 0 Å². The Morgan fingerprint density at radius 3 is 2.52 bits per heavy atom. The average molecular weight is 320 g/mol. The number of rotatable bonds is 3. The van der Waals surface area contributed by atoms with Gasteiger partial charge in [0.1, 0.15) is 17.0 Å². The first-order valence-electron chi connectivity index (χ1n) is 6.69. The first-order chi connectivity index (χ1) is 10.7. The number of aromatic carboxylic acids is 1. The minimum atomic E-state index is -1.24. The van der Waals surface area contributed by atoms with Crippen LogP contribution in [0.25, 0.3) is 11.3 Å². The van der Waals surface area contributed by atoms with Gasteiger partial charge in [-0.25, -0.2) is 9.59 Å². The number of aromatic nitrogens is 1. The number of amides is 1. The molecule has 0 bridgehead atoms. The topological polar surface area (TPSA) is 122 Å². The molecule has 122 valence electrons. The molecule has 3 N–H and O–H groups in total. The molecular weight excluding hydrogens is 304 g/mol. The van der Waals surface area contributed by atoms with Crippen LogP contribution in [-0.2, 0) is 4.74 Å². The Kier molecular flexibility index (Phi) is 4.26. The number of hydrogen-bond acceptors (Lipinski definition) is 6. The number of nitrogens with one attached hydrogen (secondary N) is 1. The van der Waals surface area contributed by atoms with Crippen LogP contribution < -0.4 is 5.32 Å². The predicted octanol–water partition coefficient (Wildman–Crippen LogP) is 3.09. The van der Waals surface area contributed by atoms with Crippen LogP contribution in [0.15, 0.2) is 28.8 Å². The number of hydrogen-bond donors (Lipinski definition) is 3. The molecule has 0 unspecified atom stereocenters. The number of carbonyl (C=O) groups is 2. The summed E-state index contributed by atoms with van der Waals surface area (Å²) < 4.78 is 9.78. The number of nitrogens with zero attached hydrogens (tertiary/aromatic N) is 1. The van der Waals surface area contributed by atoms with Crippen LogP contribution in [0.2, 0.25) is 0 Å². The Labute approximate surface area is 131 Å². The summed E-state index contributed by atoms with van der Waals surface area (Å²) in [6, 6.07) is 5.53. The lowest BCUT2D eigenvalue weighted by molar-refractivity contribution is 0.0630. The van der Waals surface area contributed by atoms with Crippen molar-refractivity contribution in [1.82, 2.24) is 5.16 Å². The fourth-order valence-electron chi connectivity index (χ4n) is 1.72. The van der Waals surface area contributed by atoms with E-state index in [1.54, 1.807) is 20.8 Å². The standard InChI is InChI=1S/C15H16N2O6/c1-15(2,3)22-14(21)16-10-6-8(4-5-11(10)18)9-7-12(13(19)20)23-17-9/h4-7,18H,1-3H3,(H,16,21)(H,19,20). The summed E-state index contributed by atoms with van der Waals surface area (Å²) in [5.74, 6) is -1.72. The number of ether oxygens (including phenoxy) is 1. The number of phenolic OH excluding ortho intramolecular Hbond substituents is 1. The van der Waals surface area contributed by atoms with Gasteiger partial charge in [0.15, 0.2) is 0 Å². The van der Waals surface area contributed by atoms with Crippen LogP contribution >= 0.6 is 0 Å². The van der Waals surface area contributed by atoms with Crippen LogP contribution in [0, 0.1) is 0 Å². The second-order valence-corrected chi connectivity index (χ2v) is 5.74. The summed E-state index contributed by atoms with van der Waals surface area (Å²) in [4.78, 5) is 22.6. The smallest absolute Gasteiger partial charge is 0.412 e. The lowest BCUT2D eigenvalue weighted by Crippen LogP contribution is -2.27. The Morgan fingerprint density at radius 2 is 1.96 bits per heavy atom. The molecule has 0 aliphatic heterocycles. The van der Waals surface area contributed by atoms with E-state index in [2.05, 4.69) is 15.0 Å². The molecule has 1 amide bonds. The van der Waals surface area contributed by atoms with Gasteiger partial charge in [-0.15, -0.1) is 0 Å². The van der Waals surface area contributed by atoms with Gasteiger partial charge in [-0.1, -0.05) is 5.16 Å². The first kappa shape index (κ1) is 16.3. The van der Waals surface area contributed by atoms with Crippen molar-refractivity contribution in [1.29, 1.82) is 0 Å². The quantitative estimate of drug-likeness (QED) is 0.743. The highest BCUT2D eigenvalue weighted by atomic mass is 16.6. The third kappa shape index (κ3) is 4.22. The fraction of sp³-hybridized carbons (Fsp3) is 0.267. The zero-order valence-corrected chi connectivity index (χ0v) is 12.8. The molecule has 1 aromatic carbocycles. The van der Waals surface area contributed by atoms with Gasteiger partial charge in [0, 0.05) is 11.6 Å². The summed E-state index contributed by atoms with van der Waals surface area (Å²) in [6.45, 7) is 5.14. The maximum atomic E-state index is 11.8. The van der Waals surface area contributed by atoms with E-state index in [1.807, 2.05) is 0 Å². The number of carboxylic acids is 1. The van der Waals surface area contributed by atoms with E-state index < -0.39 is 17.7 Å². The number of phenols is 1. The first-order valence-corrected chi connectivity index (χ1v) is 6.69. The highest BCUT2D eigenvalue weighted by Crippen LogP contribution is 2.30. The van der Waals surface area contributed by atoms with E-state index in [9.17, 15) is 14.7 Å². The Hall–Kier alpha value is -3.03. The summed E-state index contributed by atoms with van der Waals surface area (Å²) in [7, 11) is 0. The molecule has 0 radical (unpaired) electrons. The highest BCUT2D eigenvalue weighted by Gasteiger charge is 2.18. The van der Waals surface area contributed by atoms with Crippen molar-refractivity contribution >= 4 is 17.7 Å². The molecule has 23 heavy (non-hydrogen) atoms. The van der Waals surface area contributed by atoms with Crippen LogP contribution in [0.4, 0.5) is 10.5 Å². The van der Waals surface area contributed by atoms with Gasteiger partial charge in [0.05, 0.1) is 5.69 Å². The Bertz CT molecular complexity index is 745. The minimum absolute atomic E-state index is 0.108. The highest BCUT2D eigenvalue weighted by molar-refractivity contribution is 5.89. The lowest BCUT2D eigenvalue weighted by Gasteiger charge is -2.20. The van der Waals surface area contributed by atoms with Gasteiger partial charge in [-0.2, -0.15) is 0 Å². The summed E-state index contributed by atoms with van der Waals surface area (Å²) in [5, 5.41) is 24.7. The average Bonchev–Trinajstić information content (AvgIpc) is 2.89.